The molecule has 0 N–H and O–H groups in total. The molecule has 0 saturated heterocycles. The first-order valence-corrected chi connectivity index (χ1v) is 8.78. The Morgan fingerprint density at radius 2 is 2.27 bits per heavy atom. The van der Waals surface area contributed by atoms with Crippen LogP contribution in [0.4, 0.5) is 0 Å². The SMILES string of the molecule is CC(C)OP(=O)(OCCC#N)O[S-](=P)=S. The van der Waals surface area contributed by atoms with Crippen molar-refractivity contribution in [1.82, 2.24) is 0 Å². The summed E-state index contributed by atoms with van der Waals surface area (Å²) in [7, 11) is -1.78. The highest BCUT2D eigenvalue weighted by atomic mass is 32.9. The van der Waals surface area contributed by atoms with Gasteiger partial charge >= 0.3 is 7.82 Å². The molecule has 0 aliphatic heterocycles. The molecule has 0 aromatic carbocycles. The molecule has 0 spiro atoms. The van der Waals surface area contributed by atoms with E-state index < -0.39 is 16.7 Å². The number of phosphoric acid groups is 1. The van der Waals surface area contributed by atoms with Crippen LogP contribution in [-0.4, -0.2) is 12.7 Å². The zero-order chi connectivity index (χ0) is 11.9. The first-order valence-electron chi connectivity index (χ1n) is 4.02. The highest BCUT2D eigenvalue weighted by molar-refractivity contribution is 8.37. The predicted octanol–water partition coefficient (Wildman–Crippen LogP) is 2.52. The van der Waals surface area contributed by atoms with Gasteiger partial charge in [0.2, 0.25) is 0 Å². The molecule has 5 nitrogen and oxygen atoms in total. The summed E-state index contributed by atoms with van der Waals surface area (Å²) in [6, 6.07) is 1.85. The first kappa shape index (κ1) is 15.5. The fourth-order valence-corrected chi connectivity index (χ4v) is 3.97. The zero-order valence-electron chi connectivity index (χ0n) is 8.34. The summed E-state index contributed by atoms with van der Waals surface area (Å²) in [5.74, 6) is 0. The van der Waals surface area contributed by atoms with Crippen molar-refractivity contribution >= 4 is 35.9 Å². The Hall–Kier alpha value is 0.470. The molecule has 0 aromatic rings. The molecule has 0 amide bonds. The average Bonchev–Trinajstić information content (AvgIpc) is 2.00. The third-order valence-corrected chi connectivity index (χ3v) is 4.63. The molecule has 88 valence electrons. The van der Waals surface area contributed by atoms with E-state index in [1.807, 2.05) is 6.07 Å². The molecule has 0 aliphatic carbocycles. The van der Waals surface area contributed by atoms with Gasteiger partial charge in [0.15, 0.2) is 0 Å². The van der Waals surface area contributed by atoms with Crippen LogP contribution in [0.15, 0.2) is 0 Å². The van der Waals surface area contributed by atoms with E-state index in [4.69, 9.17) is 18.3 Å². The van der Waals surface area contributed by atoms with Gasteiger partial charge in [-0.25, -0.2) is 23.8 Å². The average molecular weight is 288 g/mol. The van der Waals surface area contributed by atoms with Crippen LogP contribution in [0.3, 0.4) is 0 Å². The lowest BCUT2D eigenvalue weighted by Crippen LogP contribution is -2.05. The van der Waals surface area contributed by atoms with E-state index in [9.17, 15) is 4.57 Å². The van der Waals surface area contributed by atoms with Crippen molar-refractivity contribution in [2.24, 2.45) is 0 Å². The fourth-order valence-electron chi connectivity index (χ4n) is 0.614. The summed E-state index contributed by atoms with van der Waals surface area (Å²) in [6.07, 6.45) is -0.204. The van der Waals surface area contributed by atoms with E-state index in [1.165, 1.54) is 0 Å². The molecule has 0 aromatic heterocycles. The zero-order valence-corrected chi connectivity index (χ0v) is 11.9. The summed E-state index contributed by atoms with van der Waals surface area (Å²) in [5, 5.41) is 8.30. The summed E-state index contributed by atoms with van der Waals surface area (Å²) in [4.78, 5) is 0. The van der Waals surface area contributed by atoms with Crippen LogP contribution in [0.1, 0.15) is 20.3 Å². The maximum absolute atomic E-state index is 11.8. The van der Waals surface area contributed by atoms with Gasteiger partial charge in [-0.05, 0) is 13.8 Å². The van der Waals surface area contributed by atoms with Crippen LogP contribution in [0, 0.1) is 11.3 Å². The van der Waals surface area contributed by atoms with Crippen LogP contribution in [0.25, 0.3) is 0 Å². The van der Waals surface area contributed by atoms with E-state index in [0.29, 0.717) is 0 Å². The van der Waals surface area contributed by atoms with Crippen molar-refractivity contribution in [2.45, 2.75) is 26.4 Å². The molecule has 1 atom stereocenters. The maximum Gasteiger partial charge on any atom is 0.456 e. The van der Waals surface area contributed by atoms with Crippen molar-refractivity contribution in [3.63, 3.8) is 0 Å². The lowest BCUT2D eigenvalue weighted by Gasteiger charge is -2.22. The van der Waals surface area contributed by atoms with Gasteiger partial charge in [-0.15, -0.1) is 0 Å². The fraction of sp³-hybridized carbons (Fsp3) is 0.833. The second-order valence-corrected chi connectivity index (χ2v) is 7.99. The van der Waals surface area contributed by atoms with Crippen LogP contribution in [-0.2, 0) is 37.7 Å². The van der Waals surface area contributed by atoms with Crippen LogP contribution >= 0.6 is 15.8 Å². The minimum absolute atomic E-state index is 0.0146. The van der Waals surface area contributed by atoms with Crippen LogP contribution < -0.4 is 0 Å². The highest BCUT2D eigenvalue weighted by Gasteiger charge is 2.24. The van der Waals surface area contributed by atoms with Gasteiger partial charge in [0.25, 0.3) is 0 Å². The summed E-state index contributed by atoms with van der Waals surface area (Å²) in [5.41, 5.74) is 0. The van der Waals surface area contributed by atoms with E-state index >= 15 is 0 Å². The third-order valence-electron chi connectivity index (χ3n) is 0.962. The summed E-state index contributed by atoms with van der Waals surface area (Å²) >= 11 is 4.68. The number of phosphoric ester groups is 1. The van der Waals surface area contributed by atoms with E-state index in [-0.39, 0.29) is 19.1 Å². The molecular formula is C6H12NO4P2S2-. The van der Waals surface area contributed by atoms with E-state index in [1.54, 1.807) is 13.8 Å². The molecule has 0 bridgehead atoms. The minimum atomic E-state index is -3.65. The molecule has 9 heteroatoms. The number of hydrogen-bond acceptors (Lipinski definition) is 7. The molecule has 0 aliphatic rings. The largest absolute Gasteiger partial charge is 0.456 e. The van der Waals surface area contributed by atoms with Crippen LogP contribution in [0.2, 0.25) is 0 Å². The molecule has 0 radical (unpaired) electrons. The molecule has 0 rings (SSSR count). The van der Waals surface area contributed by atoms with E-state index in [2.05, 4.69) is 19.2 Å². The topological polar surface area (TPSA) is 68.5 Å². The first-order chi connectivity index (χ1) is 6.89. The minimum Gasteiger partial charge on any atom is -0.383 e. The highest BCUT2D eigenvalue weighted by Crippen LogP contribution is 2.51. The number of nitrogens with zero attached hydrogens (tertiary/aromatic N) is 1. The Bertz CT molecular complexity index is 342. The lowest BCUT2D eigenvalue weighted by atomic mass is 10.5. The van der Waals surface area contributed by atoms with Gasteiger partial charge in [0, 0.05) is 0 Å². The molecule has 1 unspecified atom stereocenters. The number of nitriles is 1. The van der Waals surface area contributed by atoms with E-state index in [0.717, 1.165) is 0 Å². The molecule has 0 saturated carbocycles. The standard InChI is InChI=1S/C6H12NO4P2S2/c1-6(2)10-13(8,11-15(12)14)9-5-3-4-7/h6,12H,3,5H2,1-2H3/q-1. The van der Waals surface area contributed by atoms with Crippen LogP contribution in [0.5, 0.6) is 0 Å². The van der Waals surface area contributed by atoms with Gasteiger partial charge in [-0.2, -0.15) is 5.26 Å². The molecule has 0 heterocycles. The second kappa shape index (κ2) is 7.70. The second-order valence-electron chi connectivity index (χ2n) is 2.65. The van der Waals surface area contributed by atoms with Gasteiger partial charge in [0.1, 0.15) is 0 Å². The Balaban J connectivity index is 4.42. The third kappa shape index (κ3) is 8.29. The van der Waals surface area contributed by atoms with Gasteiger partial charge in [0.05, 0.1) is 25.2 Å². The molecular weight excluding hydrogens is 276 g/mol. The normalized spacial score (nSPS) is 15.1. The maximum atomic E-state index is 11.8. The molecule has 15 heavy (non-hydrogen) atoms. The number of hydrogen-bond donors (Lipinski definition) is 0. The molecule has 0 fully saturated rings. The van der Waals surface area contributed by atoms with Crippen molar-refractivity contribution < 1.29 is 17.6 Å². The lowest BCUT2D eigenvalue weighted by molar-refractivity contribution is 0.133. The Morgan fingerprint density at radius 3 is 2.67 bits per heavy atom. The quantitative estimate of drug-likeness (QED) is 0.407. The smallest absolute Gasteiger partial charge is 0.383 e. The monoisotopic (exact) mass is 288 g/mol. The predicted molar refractivity (Wildman–Crippen MR) is 64.1 cm³/mol. The van der Waals surface area contributed by atoms with Crippen molar-refractivity contribution in [3.8, 4) is 6.07 Å². The summed E-state index contributed by atoms with van der Waals surface area (Å²) < 4.78 is 26.6. The van der Waals surface area contributed by atoms with Crippen molar-refractivity contribution in [1.29, 1.82) is 5.26 Å². The number of rotatable bonds is 7. The van der Waals surface area contributed by atoms with Gasteiger partial charge in [-0.3, -0.25) is 18.0 Å². The summed E-state index contributed by atoms with van der Waals surface area (Å²) in [6.45, 7) is 3.37. The Kier molecular flexibility index (Phi) is 7.94. The van der Waals surface area contributed by atoms with Crippen molar-refractivity contribution in [3.05, 3.63) is 0 Å². The Morgan fingerprint density at radius 1 is 1.67 bits per heavy atom. The Labute approximate surface area is 98.0 Å². The van der Waals surface area contributed by atoms with Gasteiger partial charge in [-0.1, -0.05) is 0 Å². The van der Waals surface area contributed by atoms with Gasteiger partial charge < -0.3 is 3.97 Å². The van der Waals surface area contributed by atoms with Crippen molar-refractivity contribution in [2.75, 3.05) is 6.61 Å².